The number of rotatable bonds is 4. The van der Waals surface area contributed by atoms with Gasteiger partial charge in [-0.2, -0.15) is 13.2 Å². The van der Waals surface area contributed by atoms with Crippen LogP contribution in [0.2, 0.25) is 10.0 Å². The largest absolute Gasteiger partial charge is 0.416 e. The maximum Gasteiger partial charge on any atom is 0.416 e. The quantitative estimate of drug-likeness (QED) is 0.486. The number of anilines is 1. The summed E-state index contributed by atoms with van der Waals surface area (Å²) in [6.45, 7) is 6.66. The Kier molecular flexibility index (Phi) is 6.45. The molecule has 1 aliphatic rings. The number of hydrogen-bond donors (Lipinski definition) is 0. The molecule has 2 nitrogen and oxygen atoms in total. The zero-order valence-electron chi connectivity index (χ0n) is 17.2. The van der Waals surface area contributed by atoms with E-state index in [4.69, 9.17) is 23.2 Å². The smallest absolute Gasteiger partial charge is 0.367 e. The molecule has 0 saturated heterocycles. The van der Waals surface area contributed by atoms with Crippen LogP contribution in [0, 0.1) is 5.41 Å². The van der Waals surface area contributed by atoms with Gasteiger partial charge in [0, 0.05) is 41.7 Å². The van der Waals surface area contributed by atoms with Crippen LogP contribution in [0.5, 0.6) is 0 Å². The molecule has 0 aliphatic carbocycles. The normalized spacial score (nSPS) is 14.6. The Morgan fingerprint density at radius 3 is 2.40 bits per heavy atom. The van der Waals surface area contributed by atoms with Gasteiger partial charge in [0.25, 0.3) is 0 Å². The summed E-state index contributed by atoms with van der Waals surface area (Å²) in [6, 6.07) is 8.23. The number of hydrogen-bond acceptors (Lipinski definition) is 2. The first-order valence-electron chi connectivity index (χ1n) is 9.77. The Morgan fingerprint density at radius 1 is 1.07 bits per heavy atom. The molecule has 0 radical (unpaired) electrons. The van der Waals surface area contributed by atoms with Gasteiger partial charge in [0.05, 0.1) is 5.56 Å². The molecule has 7 heteroatoms. The highest BCUT2D eigenvalue weighted by Gasteiger charge is 2.36. The van der Waals surface area contributed by atoms with Crippen molar-refractivity contribution in [3.63, 3.8) is 0 Å². The van der Waals surface area contributed by atoms with Gasteiger partial charge in [0.15, 0.2) is 0 Å². The summed E-state index contributed by atoms with van der Waals surface area (Å²) in [4.78, 5) is 14.2. The number of Topliss-reactive ketones (excluding diaryl/α,β-unsaturated/α-hetero) is 1. The molecule has 0 amide bonds. The number of fused-ring (bicyclic) bond motifs is 1. The highest BCUT2D eigenvalue weighted by molar-refractivity contribution is 6.32. The minimum absolute atomic E-state index is 0.0241. The molecule has 0 unspecified atom stereocenters. The number of carbonyl (C=O) groups excluding carboxylic acids is 1. The predicted molar refractivity (Wildman–Crippen MR) is 115 cm³/mol. The van der Waals surface area contributed by atoms with Crippen molar-refractivity contribution in [2.45, 2.75) is 52.8 Å². The molecule has 162 valence electrons. The third kappa shape index (κ3) is 5.50. The number of nitrogens with zero attached hydrogens (tertiary/aromatic N) is 1. The molecule has 2 aromatic carbocycles. The van der Waals surface area contributed by atoms with Crippen LogP contribution in [0.25, 0.3) is 0 Å². The predicted octanol–water partition coefficient (Wildman–Crippen LogP) is 7.12. The molecule has 0 aromatic heterocycles. The van der Waals surface area contributed by atoms with Gasteiger partial charge in [0.1, 0.15) is 5.78 Å². The van der Waals surface area contributed by atoms with E-state index in [1.165, 1.54) is 6.07 Å². The monoisotopic (exact) mass is 457 g/mol. The van der Waals surface area contributed by atoms with Gasteiger partial charge in [-0.1, -0.05) is 50.0 Å². The third-order valence-corrected chi connectivity index (χ3v) is 5.71. The van der Waals surface area contributed by atoms with E-state index in [1.54, 1.807) is 6.07 Å². The van der Waals surface area contributed by atoms with Crippen LogP contribution in [-0.4, -0.2) is 12.3 Å². The van der Waals surface area contributed by atoms with Crippen molar-refractivity contribution >= 4 is 34.7 Å². The van der Waals surface area contributed by atoms with E-state index >= 15 is 0 Å². The van der Waals surface area contributed by atoms with Crippen molar-refractivity contribution in [2.24, 2.45) is 5.41 Å². The standard InChI is InChI=1S/C23H24Cl2F3NO/c1-22(2,3)12-18(30)11-19-20(23(26,27)28)9-17(10-21(19)25)29-7-6-14-8-16(24)5-4-15(14)13-29/h4-5,8-10H,6-7,11-13H2,1-3H3. The summed E-state index contributed by atoms with van der Waals surface area (Å²) in [5, 5.41) is 0.623. The molecule has 0 bridgehead atoms. The molecular weight excluding hydrogens is 434 g/mol. The van der Waals surface area contributed by atoms with Gasteiger partial charge in [-0.3, -0.25) is 4.79 Å². The molecule has 30 heavy (non-hydrogen) atoms. The minimum Gasteiger partial charge on any atom is -0.367 e. The van der Waals surface area contributed by atoms with Gasteiger partial charge in [-0.15, -0.1) is 0 Å². The Balaban J connectivity index is 1.93. The first kappa shape index (κ1) is 23.0. The fraction of sp³-hybridized carbons (Fsp3) is 0.435. The molecule has 1 aliphatic heterocycles. The average molecular weight is 458 g/mol. The Labute approximate surface area is 185 Å². The lowest BCUT2D eigenvalue weighted by Gasteiger charge is -2.32. The van der Waals surface area contributed by atoms with Crippen LogP contribution in [0.15, 0.2) is 30.3 Å². The summed E-state index contributed by atoms with van der Waals surface area (Å²) >= 11 is 12.3. The van der Waals surface area contributed by atoms with E-state index in [9.17, 15) is 18.0 Å². The number of benzene rings is 2. The summed E-state index contributed by atoms with van der Waals surface area (Å²) in [5.74, 6) is -0.258. The fourth-order valence-corrected chi connectivity index (χ4v) is 4.31. The topological polar surface area (TPSA) is 20.3 Å². The molecular formula is C23H24Cl2F3NO. The van der Waals surface area contributed by atoms with Crippen molar-refractivity contribution in [1.29, 1.82) is 0 Å². The molecule has 0 fully saturated rings. The van der Waals surface area contributed by atoms with Gasteiger partial charge < -0.3 is 4.90 Å². The van der Waals surface area contributed by atoms with Gasteiger partial charge in [-0.05, 0) is 52.8 Å². The summed E-state index contributed by atoms with van der Waals surface area (Å²) in [5.41, 5.74) is 1.25. The van der Waals surface area contributed by atoms with E-state index in [2.05, 4.69) is 0 Å². The number of ketones is 1. The van der Waals surface area contributed by atoms with Crippen molar-refractivity contribution < 1.29 is 18.0 Å². The van der Waals surface area contributed by atoms with Gasteiger partial charge >= 0.3 is 6.18 Å². The summed E-state index contributed by atoms with van der Waals surface area (Å²) in [7, 11) is 0. The number of halogens is 5. The van der Waals surface area contributed by atoms with Crippen molar-refractivity contribution in [3.8, 4) is 0 Å². The van der Waals surface area contributed by atoms with Crippen molar-refractivity contribution in [3.05, 3.63) is 62.6 Å². The van der Waals surface area contributed by atoms with Crippen molar-refractivity contribution in [1.82, 2.24) is 0 Å². The lowest BCUT2D eigenvalue weighted by atomic mass is 9.87. The molecule has 0 atom stereocenters. The second kappa shape index (κ2) is 8.43. The van der Waals surface area contributed by atoms with Crippen LogP contribution in [0.4, 0.5) is 18.9 Å². The molecule has 3 rings (SSSR count). The molecule has 2 aromatic rings. The van der Waals surface area contributed by atoms with E-state index < -0.39 is 11.7 Å². The van der Waals surface area contributed by atoms with E-state index in [-0.39, 0.29) is 34.6 Å². The SMILES string of the molecule is CC(C)(C)CC(=O)Cc1c(Cl)cc(N2CCc3cc(Cl)ccc3C2)cc1C(F)(F)F. The second-order valence-corrected chi connectivity index (χ2v) is 9.83. The third-order valence-electron chi connectivity index (χ3n) is 5.13. The van der Waals surface area contributed by atoms with Crippen LogP contribution in [0.1, 0.15) is 49.4 Å². The van der Waals surface area contributed by atoms with E-state index in [0.29, 0.717) is 30.2 Å². The lowest BCUT2D eigenvalue weighted by molar-refractivity contribution is -0.138. The molecule has 0 saturated carbocycles. The van der Waals surface area contributed by atoms with Crippen LogP contribution in [-0.2, 0) is 30.4 Å². The van der Waals surface area contributed by atoms with Gasteiger partial charge in [-0.25, -0.2) is 0 Å². The van der Waals surface area contributed by atoms with E-state index in [1.807, 2.05) is 37.8 Å². The summed E-state index contributed by atoms with van der Waals surface area (Å²) in [6.07, 6.45) is -4.06. The zero-order chi connectivity index (χ0) is 22.3. The summed E-state index contributed by atoms with van der Waals surface area (Å²) < 4.78 is 41.5. The second-order valence-electron chi connectivity index (χ2n) is 8.99. The first-order chi connectivity index (χ1) is 13.8. The zero-order valence-corrected chi connectivity index (χ0v) is 18.7. The van der Waals surface area contributed by atoms with Crippen molar-refractivity contribution in [2.75, 3.05) is 11.4 Å². The number of carbonyl (C=O) groups is 1. The van der Waals surface area contributed by atoms with Crippen LogP contribution in [0.3, 0.4) is 0 Å². The Bertz CT molecular complexity index is 964. The van der Waals surface area contributed by atoms with Crippen LogP contribution >= 0.6 is 23.2 Å². The minimum atomic E-state index is -4.60. The molecule has 0 spiro atoms. The number of alkyl halides is 3. The molecule has 0 N–H and O–H groups in total. The van der Waals surface area contributed by atoms with Crippen LogP contribution < -0.4 is 4.90 Å². The Hall–Kier alpha value is -1.72. The Morgan fingerprint density at radius 2 is 1.77 bits per heavy atom. The maximum absolute atomic E-state index is 13.8. The highest BCUT2D eigenvalue weighted by atomic mass is 35.5. The molecule has 1 heterocycles. The van der Waals surface area contributed by atoms with E-state index in [0.717, 1.165) is 17.2 Å². The lowest BCUT2D eigenvalue weighted by Crippen LogP contribution is -2.30. The highest BCUT2D eigenvalue weighted by Crippen LogP contribution is 2.40. The average Bonchev–Trinajstić information content (AvgIpc) is 2.60. The maximum atomic E-state index is 13.8. The fourth-order valence-electron chi connectivity index (χ4n) is 3.83. The first-order valence-corrected chi connectivity index (χ1v) is 10.5. The van der Waals surface area contributed by atoms with Gasteiger partial charge in [0.2, 0.25) is 0 Å².